The van der Waals surface area contributed by atoms with E-state index in [1.807, 2.05) is 19.1 Å². The van der Waals surface area contributed by atoms with Gasteiger partial charge in [-0.15, -0.1) is 11.8 Å². The number of rotatable bonds is 8. The summed E-state index contributed by atoms with van der Waals surface area (Å²) in [6.45, 7) is 4.11. The van der Waals surface area contributed by atoms with Gasteiger partial charge in [-0.05, 0) is 42.7 Å². The average molecular weight is 433 g/mol. The smallest absolute Gasteiger partial charge is 0.238 e. The predicted molar refractivity (Wildman–Crippen MR) is 117 cm³/mol. The Bertz CT molecular complexity index is 922. The summed E-state index contributed by atoms with van der Waals surface area (Å²) >= 11 is 1.37. The van der Waals surface area contributed by atoms with Gasteiger partial charge in [-0.25, -0.2) is 8.78 Å². The van der Waals surface area contributed by atoms with Crippen molar-refractivity contribution >= 4 is 35.0 Å². The van der Waals surface area contributed by atoms with E-state index in [1.54, 1.807) is 12.1 Å². The van der Waals surface area contributed by atoms with E-state index in [0.717, 1.165) is 43.4 Å². The van der Waals surface area contributed by atoms with Crippen molar-refractivity contribution in [3.63, 3.8) is 0 Å². The highest BCUT2D eigenvalue weighted by Crippen LogP contribution is 2.43. The van der Waals surface area contributed by atoms with Crippen molar-refractivity contribution in [3.8, 4) is 0 Å². The van der Waals surface area contributed by atoms with Crippen molar-refractivity contribution in [2.75, 3.05) is 16.0 Å². The molecule has 1 aliphatic rings. The van der Waals surface area contributed by atoms with Crippen LogP contribution in [-0.4, -0.2) is 17.6 Å². The molecule has 0 radical (unpaired) electrons. The maximum absolute atomic E-state index is 14.3. The molecule has 4 nitrogen and oxygen atoms in total. The molecule has 0 aliphatic carbocycles. The zero-order valence-electron chi connectivity index (χ0n) is 17.2. The molecule has 0 bridgehead atoms. The average Bonchev–Trinajstić information content (AvgIpc) is 3.10. The third kappa shape index (κ3) is 5.01. The van der Waals surface area contributed by atoms with Crippen LogP contribution in [0.3, 0.4) is 0 Å². The van der Waals surface area contributed by atoms with E-state index in [4.69, 9.17) is 0 Å². The molecule has 0 saturated carbocycles. The molecule has 2 aromatic rings. The van der Waals surface area contributed by atoms with E-state index in [2.05, 4.69) is 12.2 Å². The van der Waals surface area contributed by atoms with Crippen LogP contribution in [0.15, 0.2) is 42.5 Å². The Morgan fingerprint density at radius 3 is 2.73 bits per heavy atom. The van der Waals surface area contributed by atoms with Gasteiger partial charge in [-0.2, -0.15) is 0 Å². The van der Waals surface area contributed by atoms with Crippen LogP contribution in [0.1, 0.15) is 50.5 Å². The van der Waals surface area contributed by atoms with Gasteiger partial charge in [0.15, 0.2) is 0 Å². The molecule has 1 fully saturated rings. The molecule has 0 spiro atoms. The lowest BCUT2D eigenvalue weighted by Crippen LogP contribution is -2.29. The van der Waals surface area contributed by atoms with Crippen molar-refractivity contribution in [1.29, 1.82) is 0 Å². The van der Waals surface area contributed by atoms with Crippen molar-refractivity contribution in [2.24, 2.45) is 5.92 Å². The number of halogens is 2. The van der Waals surface area contributed by atoms with Crippen LogP contribution in [0.4, 0.5) is 20.2 Å². The second-order valence-electron chi connectivity index (χ2n) is 7.38. The van der Waals surface area contributed by atoms with Gasteiger partial charge in [-0.1, -0.05) is 38.8 Å². The molecule has 1 aliphatic heterocycles. The lowest BCUT2D eigenvalue weighted by molar-refractivity contribution is -0.120. The number of hydrogen-bond donors (Lipinski definition) is 1. The van der Waals surface area contributed by atoms with Crippen LogP contribution in [0.2, 0.25) is 0 Å². The highest BCUT2D eigenvalue weighted by atomic mass is 32.2. The van der Waals surface area contributed by atoms with Crippen molar-refractivity contribution in [3.05, 3.63) is 59.7 Å². The van der Waals surface area contributed by atoms with Crippen LogP contribution in [0.5, 0.6) is 0 Å². The molecule has 2 amide bonds. The molecule has 1 heterocycles. The standard InChI is InChI=1S/C23H26F2N2O2S/c1-3-5-7-15(4-2)22(29)26-18-9-6-8-16(12-18)23-27(21(28)14-30-23)20-11-10-17(24)13-19(20)25/h6,8-13,15,23H,3-5,7,14H2,1-2H3,(H,26,29)/t15-,23-/m0/s1. The fraction of sp³-hybridized carbons (Fsp3) is 0.391. The quantitative estimate of drug-likeness (QED) is 0.565. The van der Waals surface area contributed by atoms with Crippen molar-refractivity contribution in [2.45, 2.75) is 44.9 Å². The fourth-order valence-corrected chi connectivity index (χ4v) is 4.75. The minimum Gasteiger partial charge on any atom is -0.326 e. The number of anilines is 2. The number of unbranched alkanes of at least 4 members (excludes halogenated alkanes) is 1. The first-order valence-electron chi connectivity index (χ1n) is 10.2. The molecule has 30 heavy (non-hydrogen) atoms. The minimum absolute atomic E-state index is 0.0142. The largest absolute Gasteiger partial charge is 0.326 e. The molecule has 3 rings (SSSR count). The van der Waals surface area contributed by atoms with Crippen LogP contribution < -0.4 is 10.2 Å². The number of thioether (sulfide) groups is 1. The highest BCUT2D eigenvalue weighted by molar-refractivity contribution is 8.00. The molecular weight excluding hydrogens is 406 g/mol. The van der Waals surface area contributed by atoms with Crippen molar-refractivity contribution in [1.82, 2.24) is 0 Å². The van der Waals surface area contributed by atoms with Gasteiger partial charge < -0.3 is 5.32 Å². The molecule has 2 atom stereocenters. The number of carbonyl (C=O) groups is 2. The molecule has 160 valence electrons. The lowest BCUT2D eigenvalue weighted by atomic mass is 9.98. The zero-order valence-corrected chi connectivity index (χ0v) is 18.0. The number of nitrogens with one attached hydrogen (secondary N) is 1. The predicted octanol–water partition coefficient (Wildman–Crippen LogP) is 5.90. The fourth-order valence-electron chi connectivity index (χ4n) is 3.59. The third-order valence-corrected chi connectivity index (χ3v) is 6.46. The van der Waals surface area contributed by atoms with E-state index in [0.29, 0.717) is 5.69 Å². The Balaban J connectivity index is 1.82. The van der Waals surface area contributed by atoms with E-state index in [1.165, 1.54) is 22.7 Å². The van der Waals surface area contributed by atoms with E-state index >= 15 is 0 Å². The second-order valence-corrected chi connectivity index (χ2v) is 8.45. The maximum Gasteiger partial charge on any atom is 0.238 e. The number of benzene rings is 2. The Morgan fingerprint density at radius 2 is 2.03 bits per heavy atom. The number of carbonyl (C=O) groups excluding carboxylic acids is 2. The first kappa shape index (κ1) is 22.3. The number of hydrogen-bond acceptors (Lipinski definition) is 3. The normalized spacial score (nSPS) is 17.3. The maximum atomic E-state index is 14.3. The molecule has 1 N–H and O–H groups in total. The summed E-state index contributed by atoms with van der Waals surface area (Å²) < 4.78 is 27.7. The minimum atomic E-state index is -0.776. The topological polar surface area (TPSA) is 49.4 Å². The first-order valence-corrected chi connectivity index (χ1v) is 11.3. The van der Waals surface area contributed by atoms with Crippen molar-refractivity contribution < 1.29 is 18.4 Å². The summed E-state index contributed by atoms with van der Waals surface area (Å²) in [6.07, 6.45) is 3.67. The Morgan fingerprint density at radius 1 is 1.23 bits per heavy atom. The van der Waals surface area contributed by atoms with Gasteiger partial charge in [0.2, 0.25) is 11.8 Å². The Kier molecular flexibility index (Phi) is 7.48. The van der Waals surface area contributed by atoms with Crippen LogP contribution in [0, 0.1) is 17.6 Å². The summed E-state index contributed by atoms with van der Waals surface area (Å²) in [7, 11) is 0. The first-order chi connectivity index (χ1) is 14.4. The lowest BCUT2D eigenvalue weighted by Gasteiger charge is -2.25. The van der Waals surface area contributed by atoms with Gasteiger partial charge in [0.05, 0.1) is 11.4 Å². The molecule has 7 heteroatoms. The molecular formula is C23H26F2N2O2S. The summed E-state index contributed by atoms with van der Waals surface area (Å²) in [5, 5.41) is 2.53. The second kappa shape index (κ2) is 10.1. The Labute approximate surface area is 180 Å². The number of nitrogens with zero attached hydrogens (tertiary/aromatic N) is 1. The molecule has 1 saturated heterocycles. The summed E-state index contributed by atoms with van der Waals surface area (Å²) in [5.41, 5.74) is 1.47. The van der Waals surface area contributed by atoms with Gasteiger partial charge in [0.1, 0.15) is 17.0 Å². The van der Waals surface area contributed by atoms with Crippen LogP contribution in [-0.2, 0) is 9.59 Å². The molecule has 0 aromatic heterocycles. The molecule has 2 aromatic carbocycles. The summed E-state index contributed by atoms with van der Waals surface area (Å²) in [5.74, 6) is -1.56. The SMILES string of the molecule is CCCC[C@H](CC)C(=O)Nc1cccc([C@@H]2SCC(=O)N2c2ccc(F)cc2F)c1. The zero-order chi connectivity index (χ0) is 21.7. The summed E-state index contributed by atoms with van der Waals surface area (Å²) in [4.78, 5) is 26.5. The highest BCUT2D eigenvalue weighted by Gasteiger charge is 2.35. The van der Waals surface area contributed by atoms with Gasteiger partial charge in [-0.3, -0.25) is 14.5 Å². The monoisotopic (exact) mass is 432 g/mol. The van der Waals surface area contributed by atoms with E-state index in [-0.39, 0.29) is 29.2 Å². The van der Waals surface area contributed by atoms with E-state index < -0.39 is 17.0 Å². The van der Waals surface area contributed by atoms with Gasteiger partial charge in [0.25, 0.3) is 0 Å². The van der Waals surface area contributed by atoms with Gasteiger partial charge >= 0.3 is 0 Å². The van der Waals surface area contributed by atoms with Crippen LogP contribution >= 0.6 is 11.8 Å². The third-order valence-electron chi connectivity index (χ3n) is 5.25. The van der Waals surface area contributed by atoms with Crippen LogP contribution in [0.25, 0.3) is 0 Å². The summed E-state index contributed by atoms with van der Waals surface area (Å²) in [6, 6.07) is 10.5. The molecule has 0 unspecified atom stereocenters. The van der Waals surface area contributed by atoms with E-state index in [9.17, 15) is 18.4 Å². The van der Waals surface area contributed by atoms with Gasteiger partial charge in [0, 0.05) is 17.7 Å². The Hall–Kier alpha value is -2.41. The number of amides is 2.